The molecule has 3 N–H and O–H groups in total. The van der Waals surface area contributed by atoms with Gasteiger partial charge in [0.05, 0.1) is 0 Å². The third kappa shape index (κ3) is 15.5. The molecule has 0 saturated heterocycles. The van der Waals surface area contributed by atoms with Gasteiger partial charge in [0.1, 0.15) is 5.75 Å². The molecule has 1 aromatic carbocycles. The molecule has 32 heavy (non-hydrogen) atoms. The average molecular weight is 463 g/mol. The number of phenols is 1. The Morgan fingerprint density at radius 3 is 1.34 bits per heavy atom. The van der Waals surface area contributed by atoms with E-state index in [2.05, 4.69) is 6.92 Å². The second-order valence-electron chi connectivity index (χ2n) is 9.37. The molecule has 0 amide bonds. The van der Waals surface area contributed by atoms with Crippen molar-refractivity contribution in [3.8, 4) is 5.75 Å². The van der Waals surface area contributed by atoms with Crippen LogP contribution in [0, 0.1) is 0 Å². The molecule has 0 aliphatic rings. The van der Waals surface area contributed by atoms with Crippen LogP contribution in [-0.4, -0.2) is 16.8 Å². The van der Waals surface area contributed by atoms with Crippen molar-refractivity contribution in [2.24, 2.45) is 5.73 Å². The fourth-order valence-electron chi connectivity index (χ4n) is 4.35. The van der Waals surface area contributed by atoms with Crippen molar-refractivity contribution in [1.82, 2.24) is 0 Å². The second kappa shape index (κ2) is 20.3. The Labute approximate surface area is 204 Å². The summed E-state index contributed by atoms with van der Waals surface area (Å²) in [7, 11) is 0. The molecule has 0 saturated carbocycles. The first kappa shape index (κ1) is 28.7. The summed E-state index contributed by atoms with van der Waals surface area (Å²) >= 11 is 5.20. The molecular weight excluding hydrogens is 412 g/mol. The molecule has 0 radical (unpaired) electrons. The number of aromatic hydroxyl groups is 1. The SMILES string of the molecule is CCCCCCCCCCCCCCCCCCCCCN(C(N)=S)c1ccc(O)cc1. The molecule has 0 spiro atoms. The van der Waals surface area contributed by atoms with E-state index in [4.69, 9.17) is 18.0 Å². The lowest BCUT2D eigenvalue weighted by Crippen LogP contribution is -2.36. The lowest BCUT2D eigenvalue weighted by atomic mass is 10.0. The van der Waals surface area contributed by atoms with Crippen LogP contribution in [0.5, 0.6) is 5.75 Å². The summed E-state index contributed by atoms with van der Waals surface area (Å²) < 4.78 is 0. The minimum atomic E-state index is 0.264. The van der Waals surface area contributed by atoms with Crippen LogP contribution >= 0.6 is 12.2 Å². The van der Waals surface area contributed by atoms with Gasteiger partial charge in [-0.1, -0.05) is 122 Å². The van der Waals surface area contributed by atoms with Gasteiger partial charge in [-0.2, -0.15) is 0 Å². The first-order valence-electron chi connectivity index (χ1n) is 13.5. The largest absolute Gasteiger partial charge is 0.508 e. The van der Waals surface area contributed by atoms with Crippen LogP contribution in [0.4, 0.5) is 5.69 Å². The number of thiocarbonyl (C=S) groups is 1. The van der Waals surface area contributed by atoms with Crippen LogP contribution in [-0.2, 0) is 0 Å². The molecule has 0 aliphatic carbocycles. The first-order chi connectivity index (χ1) is 15.6. The molecule has 184 valence electrons. The summed E-state index contributed by atoms with van der Waals surface area (Å²) in [5, 5.41) is 9.84. The Morgan fingerprint density at radius 1 is 0.656 bits per heavy atom. The molecule has 0 bridgehead atoms. The third-order valence-electron chi connectivity index (χ3n) is 6.41. The molecule has 0 aromatic heterocycles. The quantitative estimate of drug-likeness (QED) is 0.141. The Kier molecular flexibility index (Phi) is 18.3. The first-order valence-corrected chi connectivity index (χ1v) is 13.9. The fourth-order valence-corrected chi connectivity index (χ4v) is 4.54. The molecule has 3 nitrogen and oxygen atoms in total. The number of nitrogens with two attached hydrogens (primary N) is 1. The van der Waals surface area contributed by atoms with Gasteiger partial charge < -0.3 is 15.7 Å². The highest BCUT2D eigenvalue weighted by molar-refractivity contribution is 7.80. The zero-order chi connectivity index (χ0) is 23.3. The van der Waals surface area contributed by atoms with E-state index in [1.807, 2.05) is 17.0 Å². The number of nitrogens with zero attached hydrogens (tertiary/aromatic N) is 1. The molecule has 0 heterocycles. The Bertz CT molecular complexity index is 561. The van der Waals surface area contributed by atoms with Gasteiger partial charge in [0, 0.05) is 12.2 Å². The minimum absolute atomic E-state index is 0.264. The molecule has 1 rings (SSSR count). The van der Waals surface area contributed by atoms with E-state index in [-0.39, 0.29) is 5.75 Å². The van der Waals surface area contributed by atoms with E-state index >= 15 is 0 Å². The van der Waals surface area contributed by atoms with Crippen molar-refractivity contribution in [3.63, 3.8) is 0 Å². The van der Waals surface area contributed by atoms with Gasteiger partial charge in [-0.3, -0.25) is 0 Å². The zero-order valence-corrected chi connectivity index (χ0v) is 21.6. The predicted octanol–water partition coefficient (Wildman–Crippen LogP) is 8.87. The van der Waals surface area contributed by atoms with Crippen LogP contribution in [0.2, 0.25) is 0 Å². The number of hydrogen-bond donors (Lipinski definition) is 2. The van der Waals surface area contributed by atoms with Crippen molar-refractivity contribution in [2.45, 2.75) is 129 Å². The van der Waals surface area contributed by atoms with Crippen LogP contribution in [0.15, 0.2) is 24.3 Å². The van der Waals surface area contributed by atoms with Crippen LogP contribution in [0.25, 0.3) is 0 Å². The van der Waals surface area contributed by atoms with Crippen molar-refractivity contribution < 1.29 is 5.11 Å². The Balaban J connectivity index is 1.86. The van der Waals surface area contributed by atoms with Crippen molar-refractivity contribution in [1.29, 1.82) is 0 Å². The van der Waals surface area contributed by atoms with Gasteiger partial charge in [0.25, 0.3) is 0 Å². The van der Waals surface area contributed by atoms with Gasteiger partial charge in [-0.05, 0) is 42.9 Å². The van der Waals surface area contributed by atoms with Gasteiger partial charge in [-0.15, -0.1) is 0 Å². The maximum atomic E-state index is 9.44. The highest BCUT2D eigenvalue weighted by atomic mass is 32.1. The summed E-state index contributed by atoms with van der Waals surface area (Å²) in [6.07, 6.45) is 26.3. The predicted molar refractivity (Wildman–Crippen MR) is 146 cm³/mol. The number of benzene rings is 1. The molecule has 0 fully saturated rings. The molecule has 1 aromatic rings. The highest BCUT2D eigenvalue weighted by Crippen LogP contribution is 2.19. The Hall–Kier alpha value is -1.29. The topological polar surface area (TPSA) is 49.5 Å². The molecule has 0 aliphatic heterocycles. The summed E-state index contributed by atoms with van der Waals surface area (Å²) in [4.78, 5) is 1.96. The zero-order valence-electron chi connectivity index (χ0n) is 20.8. The molecule has 0 atom stereocenters. The average Bonchev–Trinajstić information content (AvgIpc) is 2.78. The number of phenolic OH excluding ortho intramolecular Hbond substituents is 1. The van der Waals surface area contributed by atoms with Crippen molar-refractivity contribution in [2.75, 3.05) is 11.4 Å². The van der Waals surface area contributed by atoms with E-state index in [1.54, 1.807) is 12.1 Å². The van der Waals surface area contributed by atoms with Crippen LogP contribution < -0.4 is 10.6 Å². The van der Waals surface area contributed by atoms with Gasteiger partial charge in [-0.25, -0.2) is 0 Å². The smallest absolute Gasteiger partial charge is 0.170 e. The second-order valence-corrected chi connectivity index (χ2v) is 9.79. The van der Waals surface area contributed by atoms with E-state index < -0.39 is 0 Å². The van der Waals surface area contributed by atoms with E-state index in [0.717, 1.165) is 18.7 Å². The lowest BCUT2D eigenvalue weighted by molar-refractivity contribution is 0.475. The van der Waals surface area contributed by atoms with Gasteiger partial charge in [0.2, 0.25) is 0 Å². The Morgan fingerprint density at radius 2 is 1.00 bits per heavy atom. The highest BCUT2D eigenvalue weighted by Gasteiger charge is 2.08. The summed E-state index contributed by atoms with van der Waals surface area (Å²) in [6, 6.07) is 7.09. The monoisotopic (exact) mass is 462 g/mol. The van der Waals surface area contributed by atoms with Crippen LogP contribution in [0.3, 0.4) is 0 Å². The van der Waals surface area contributed by atoms with Crippen molar-refractivity contribution >= 4 is 23.0 Å². The number of hydrogen-bond acceptors (Lipinski definition) is 2. The van der Waals surface area contributed by atoms with E-state index in [1.165, 1.54) is 116 Å². The molecule has 0 unspecified atom stereocenters. The third-order valence-corrected chi connectivity index (χ3v) is 6.63. The standard InChI is InChI=1S/C28H50N2OS/c1-2-3-4-5-6-7-8-9-10-11-12-13-14-15-16-17-18-19-20-25-30(28(29)32)26-21-23-27(31)24-22-26/h21-24,31H,2-20,25H2,1H3,(H2,29,32). The van der Waals surface area contributed by atoms with Crippen LogP contribution in [0.1, 0.15) is 129 Å². The number of anilines is 1. The molecule has 4 heteroatoms. The number of rotatable bonds is 21. The summed E-state index contributed by atoms with van der Waals surface area (Å²) in [5.74, 6) is 0.264. The molecular formula is C28H50N2OS. The van der Waals surface area contributed by atoms with Gasteiger partial charge in [0.15, 0.2) is 5.11 Å². The fraction of sp³-hybridized carbons (Fsp3) is 0.750. The van der Waals surface area contributed by atoms with Crippen molar-refractivity contribution in [3.05, 3.63) is 24.3 Å². The van der Waals surface area contributed by atoms with E-state index in [9.17, 15) is 5.11 Å². The maximum absolute atomic E-state index is 9.44. The summed E-state index contributed by atoms with van der Waals surface area (Å²) in [6.45, 7) is 3.14. The minimum Gasteiger partial charge on any atom is -0.508 e. The number of unbranched alkanes of at least 4 members (excludes halogenated alkanes) is 18. The maximum Gasteiger partial charge on any atom is 0.170 e. The summed E-state index contributed by atoms with van der Waals surface area (Å²) in [5.41, 5.74) is 6.84. The lowest BCUT2D eigenvalue weighted by Gasteiger charge is -2.23. The normalized spacial score (nSPS) is 11.0. The van der Waals surface area contributed by atoms with E-state index in [0.29, 0.717) is 5.11 Å². The van der Waals surface area contributed by atoms with Gasteiger partial charge >= 0.3 is 0 Å².